The van der Waals surface area contributed by atoms with E-state index in [0.717, 1.165) is 17.2 Å². The molecule has 130 valence electrons. The van der Waals surface area contributed by atoms with Crippen molar-refractivity contribution in [2.45, 2.75) is 13.0 Å². The fourth-order valence-electron chi connectivity index (χ4n) is 2.67. The summed E-state index contributed by atoms with van der Waals surface area (Å²) < 4.78 is 13.7. The SMILES string of the molecule is O=C(Nc1ccc2c(c1)CCN(C(=O)O)C2)Nc1ccc(Cl)cc1F. The zero-order valence-corrected chi connectivity index (χ0v) is 13.8. The maximum atomic E-state index is 13.7. The first kappa shape index (κ1) is 17.0. The van der Waals surface area contributed by atoms with Crippen LogP contribution in [0.1, 0.15) is 11.1 Å². The van der Waals surface area contributed by atoms with Gasteiger partial charge in [0.05, 0.1) is 5.69 Å². The first-order valence-corrected chi connectivity index (χ1v) is 7.93. The van der Waals surface area contributed by atoms with Gasteiger partial charge in [-0.1, -0.05) is 17.7 Å². The number of carbonyl (C=O) groups excluding carboxylic acids is 1. The van der Waals surface area contributed by atoms with Gasteiger partial charge in [-0.15, -0.1) is 0 Å². The van der Waals surface area contributed by atoms with Crippen LogP contribution in [0.25, 0.3) is 0 Å². The minimum atomic E-state index is -0.947. The lowest BCUT2D eigenvalue weighted by molar-refractivity contribution is 0.140. The van der Waals surface area contributed by atoms with Crippen LogP contribution in [0.2, 0.25) is 5.02 Å². The summed E-state index contributed by atoms with van der Waals surface area (Å²) in [5.74, 6) is -0.623. The molecule has 0 bridgehead atoms. The Hall–Kier alpha value is -2.80. The monoisotopic (exact) mass is 363 g/mol. The van der Waals surface area contributed by atoms with Crippen molar-refractivity contribution in [1.82, 2.24) is 4.90 Å². The van der Waals surface area contributed by atoms with E-state index < -0.39 is 17.9 Å². The molecule has 8 heteroatoms. The third-order valence-electron chi connectivity index (χ3n) is 3.93. The van der Waals surface area contributed by atoms with Gasteiger partial charge in [-0.3, -0.25) is 0 Å². The molecule has 0 saturated carbocycles. The van der Waals surface area contributed by atoms with Gasteiger partial charge in [0.1, 0.15) is 5.82 Å². The number of carbonyl (C=O) groups is 2. The number of carboxylic acid groups (broad SMARTS) is 1. The smallest absolute Gasteiger partial charge is 0.407 e. The predicted octanol–water partition coefficient (Wildman–Crippen LogP) is 4.16. The molecule has 0 atom stereocenters. The Labute approximate surface area is 148 Å². The molecule has 25 heavy (non-hydrogen) atoms. The normalized spacial score (nSPS) is 13.1. The molecule has 3 amide bonds. The summed E-state index contributed by atoms with van der Waals surface area (Å²) in [7, 11) is 0. The van der Waals surface area contributed by atoms with Crippen LogP contribution in [0.4, 0.5) is 25.4 Å². The molecule has 0 aromatic heterocycles. The van der Waals surface area contributed by atoms with E-state index in [4.69, 9.17) is 16.7 Å². The number of nitrogens with one attached hydrogen (secondary N) is 2. The molecule has 3 N–H and O–H groups in total. The first-order chi connectivity index (χ1) is 11.9. The Morgan fingerprint density at radius 3 is 2.64 bits per heavy atom. The summed E-state index contributed by atoms with van der Waals surface area (Å²) in [6.07, 6.45) is -0.373. The van der Waals surface area contributed by atoms with Gasteiger partial charge in [0.2, 0.25) is 0 Å². The molecule has 1 aliphatic rings. The number of rotatable bonds is 2. The number of hydrogen-bond acceptors (Lipinski definition) is 2. The fraction of sp³-hybridized carbons (Fsp3) is 0.176. The average molecular weight is 364 g/mol. The van der Waals surface area contributed by atoms with Crippen LogP contribution in [-0.2, 0) is 13.0 Å². The molecule has 3 rings (SSSR count). The molecule has 2 aromatic rings. The van der Waals surface area contributed by atoms with Crippen molar-refractivity contribution in [2.75, 3.05) is 17.2 Å². The zero-order chi connectivity index (χ0) is 18.0. The fourth-order valence-corrected chi connectivity index (χ4v) is 2.83. The Balaban J connectivity index is 1.67. The molecule has 0 spiro atoms. The van der Waals surface area contributed by atoms with Crippen molar-refractivity contribution in [3.8, 4) is 0 Å². The highest BCUT2D eigenvalue weighted by Crippen LogP contribution is 2.23. The van der Waals surface area contributed by atoms with E-state index in [9.17, 15) is 14.0 Å². The van der Waals surface area contributed by atoms with Gasteiger partial charge < -0.3 is 20.6 Å². The number of fused-ring (bicyclic) bond motifs is 1. The number of urea groups is 1. The highest BCUT2D eigenvalue weighted by molar-refractivity contribution is 6.30. The molecular weight excluding hydrogens is 349 g/mol. The van der Waals surface area contributed by atoms with E-state index in [-0.39, 0.29) is 10.7 Å². The van der Waals surface area contributed by atoms with Gasteiger partial charge in [-0.25, -0.2) is 14.0 Å². The van der Waals surface area contributed by atoms with Crippen LogP contribution in [0.15, 0.2) is 36.4 Å². The van der Waals surface area contributed by atoms with Crippen LogP contribution in [0.5, 0.6) is 0 Å². The Morgan fingerprint density at radius 2 is 1.92 bits per heavy atom. The number of amides is 3. The number of nitrogens with zero attached hydrogens (tertiary/aromatic N) is 1. The lowest BCUT2D eigenvalue weighted by Gasteiger charge is -2.26. The van der Waals surface area contributed by atoms with Crippen LogP contribution >= 0.6 is 11.6 Å². The predicted molar refractivity (Wildman–Crippen MR) is 92.6 cm³/mol. The van der Waals surface area contributed by atoms with E-state index in [1.54, 1.807) is 18.2 Å². The molecule has 2 aromatic carbocycles. The number of anilines is 2. The minimum absolute atomic E-state index is 0.0250. The van der Waals surface area contributed by atoms with Crippen molar-refractivity contribution in [3.05, 3.63) is 58.4 Å². The van der Waals surface area contributed by atoms with Gasteiger partial charge in [-0.05, 0) is 47.9 Å². The third-order valence-corrected chi connectivity index (χ3v) is 4.16. The molecular formula is C17H15ClFN3O3. The quantitative estimate of drug-likeness (QED) is 0.749. The van der Waals surface area contributed by atoms with Crippen molar-refractivity contribution in [3.63, 3.8) is 0 Å². The van der Waals surface area contributed by atoms with Crippen LogP contribution < -0.4 is 10.6 Å². The molecule has 0 aliphatic carbocycles. The lowest BCUT2D eigenvalue weighted by atomic mass is 9.99. The first-order valence-electron chi connectivity index (χ1n) is 7.55. The number of hydrogen-bond donors (Lipinski definition) is 3. The van der Waals surface area contributed by atoms with Crippen molar-refractivity contribution in [2.24, 2.45) is 0 Å². The van der Waals surface area contributed by atoms with Crippen LogP contribution in [-0.4, -0.2) is 28.7 Å². The van der Waals surface area contributed by atoms with E-state index in [0.29, 0.717) is 25.2 Å². The van der Waals surface area contributed by atoms with Crippen LogP contribution in [0.3, 0.4) is 0 Å². The summed E-state index contributed by atoms with van der Waals surface area (Å²) in [6.45, 7) is 0.737. The minimum Gasteiger partial charge on any atom is -0.465 e. The molecule has 0 fully saturated rings. The maximum Gasteiger partial charge on any atom is 0.407 e. The molecule has 6 nitrogen and oxygen atoms in total. The van der Waals surface area contributed by atoms with E-state index in [1.807, 2.05) is 0 Å². The highest BCUT2D eigenvalue weighted by atomic mass is 35.5. The van der Waals surface area contributed by atoms with Gasteiger partial charge in [-0.2, -0.15) is 0 Å². The molecule has 0 saturated heterocycles. The van der Waals surface area contributed by atoms with Gasteiger partial charge in [0, 0.05) is 23.8 Å². The maximum absolute atomic E-state index is 13.7. The number of halogens is 2. The zero-order valence-electron chi connectivity index (χ0n) is 13.1. The topological polar surface area (TPSA) is 81.7 Å². The van der Waals surface area contributed by atoms with Gasteiger partial charge in [0.15, 0.2) is 0 Å². The van der Waals surface area contributed by atoms with Gasteiger partial charge in [0.25, 0.3) is 0 Å². The van der Waals surface area contributed by atoms with Crippen molar-refractivity contribution in [1.29, 1.82) is 0 Å². The van der Waals surface area contributed by atoms with Crippen molar-refractivity contribution < 1.29 is 19.1 Å². The standard InChI is InChI=1S/C17H15ClFN3O3/c18-12-2-4-15(14(19)8-12)21-16(23)20-13-3-1-11-9-22(17(24)25)6-5-10(11)7-13/h1-4,7-8H,5-6,9H2,(H,24,25)(H2,20,21,23). The van der Waals surface area contributed by atoms with Crippen molar-refractivity contribution >= 4 is 35.1 Å². The Kier molecular flexibility index (Phi) is 4.76. The third kappa shape index (κ3) is 4.00. The largest absolute Gasteiger partial charge is 0.465 e. The van der Waals surface area contributed by atoms with Crippen LogP contribution in [0, 0.1) is 5.82 Å². The van der Waals surface area contributed by atoms with E-state index >= 15 is 0 Å². The summed E-state index contributed by atoms with van der Waals surface area (Å²) in [4.78, 5) is 24.4. The van der Waals surface area contributed by atoms with E-state index in [1.165, 1.54) is 17.0 Å². The molecule has 0 radical (unpaired) electrons. The Morgan fingerprint density at radius 1 is 1.12 bits per heavy atom. The number of benzene rings is 2. The summed E-state index contributed by atoms with van der Waals surface area (Å²) >= 11 is 5.67. The molecule has 1 aliphatic heterocycles. The summed E-state index contributed by atoms with van der Waals surface area (Å²) in [5, 5.41) is 14.3. The second-order valence-electron chi connectivity index (χ2n) is 5.64. The average Bonchev–Trinajstić information content (AvgIpc) is 2.57. The highest BCUT2D eigenvalue weighted by Gasteiger charge is 2.20. The van der Waals surface area contributed by atoms with Gasteiger partial charge >= 0.3 is 12.1 Å². The molecule has 0 unspecified atom stereocenters. The summed E-state index contributed by atoms with van der Waals surface area (Å²) in [6, 6.07) is 8.66. The second-order valence-corrected chi connectivity index (χ2v) is 6.08. The second kappa shape index (κ2) is 6.98. The summed E-state index contributed by atoms with van der Waals surface area (Å²) in [5.41, 5.74) is 2.46. The molecule has 1 heterocycles. The Bertz CT molecular complexity index is 844. The lowest BCUT2D eigenvalue weighted by Crippen LogP contribution is -2.34. The van der Waals surface area contributed by atoms with E-state index in [2.05, 4.69) is 10.6 Å².